The first-order chi connectivity index (χ1) is 23.9. The Kier molecular flexibility index (Phi) is 5.05. The highest BCUT2D eigenvalue weighted by atomic mass is 15.1. The van der Waals surface area contributed by atoms with Gasteiger partial charge >= 0.3 is 0 Å². The van der Waals surface area contributed by atoms with E-state index in [1.807, 2.05) is 18.5 Å². The monoisotopic (exact) mass is 611 g/mol. The van der Waals surface area contributed by atoms with Crippen LogP contribution in [0.25, 0.3) is 98.3 Å². The summed E-state index contributed by atoms with van der Waals surface area (Å²) in [6.07, 6.45) is 5.58. The average molecular weight is 612 g/mol. The molecule has 0 aliphatic rings. The number of hydrogen-bond donors (Lipinski definition) is 0. The van der Waals surface area contributed by atoms with Crippen LogP contribution in [0.5, 0.6) is 0 Å². The van der Waals surface area contributed by atoms with E-state index < -0.39 is 0 Å². The molecular formula is C43H25N5. The van der Waals surface area contributed by atoms with Gasteiger partial charge in [-0.05, 0) is 52.6 Å². The van der Waals surface area contributed by atoms with Gasteiger partial charge < -0.3 is 9.13 Å². The Bertz CT molecular complexity index is 3070. The third-order valence-electron chi connectivity index (χ3n) is 10.0. The van der Waals surface area contributed by atoms with Crippen molar-refractivity contribution in [3.05, 3.63) is 152 Å². The SMILES string of the molecule is c1ccc(-n2c3ccccc3c3c4cncnc4c4c5ccccc5n(-c5cccc6c7ccccc7c7cccnc7c56)c4c32)cc1. The summed E-state index contributed by atoms with van der Waals surface area (Å²) >= 11 is 0. The van der Waals surface area contributed by atoms with Crippen LogP contribution in [0.2, 0.25) is 0 Å². The van der Waals surface area contributed by atoms with Crippen LogP contribution in [0.15, 0.2) is 152 Å². The van der Waals surface area contributed by atoms with Gasteiger partial charge in [-0.15, -0.1) is 0 Å². The molecule has 0 bridgehead atoms. The molecule has 0 unspecified atom stereocenters. The van der Waals surface area contributed by atoms with Crippen LogP contribution in [-0.2, 0) is 0 Å². The smallest absolute Gasteiger partial charge is 0.116 e. The molecular weight excluding hydrogens is 587 g/mol. The van der Waals surface area contributed by atoms with Crippen LogP contribution < -0.4 is 0 Å². The molecule has 0 N–H and O–H groups in total. The number of benzene rings is 7. The van der Waals surface area contributed by atoms with Crippen molar-refractivity contribution in [3.63, 3.8) is 0 Å². The molecule has 0 saturated heterocycles. The lowest BCUT2D eigenvalue weighted by Gasteiger charge is -2.17. The fourth-order valence-electron chi connectivity index (χ4n) is 8.22. The van der Waals surface area contributed by atoms with Gasteiger partial charge in [-0.1, -0.05) is 97.1 Å². The Hall–Kier alpha value is -6.59. The van der Waals surface area contributed by atoms with E-state index in [-0.39, 0.29) is 0 Å². The molecule has 0 amide bonds. The summed E-state index contributed by atoms with van der Waals surface area (Å²) in [6.45, 7) is 0. The second kappa shape index (κ2) is 9.47. The van der Waals surface area contributed by atoms with E-state index in [1.54, 1.807) is 6.33 Å². The minimum absolute atomic E-state index is 0.951. The number of para-hydroxylation sites is 3. The molecule has 0 fully saturated rings. The van der Waals surface area contributed by atoms with Crippen molar-refractivity contribution in [3.8, 4) is 11.4 Å². The van der Waals surface area contributed by atoms with Gasteiger partial charge in [0.05, 0.1) is 38.8 Å². The molecule has 0 aliphatic heterocycles. The number of pyridine rings is 1. The summed E-state index contributed by atoms with van der Waals surface area (Å²) in [5, 5.41) is 11.5. The second-order valence-electron chi connectivity index (χ2n) is 12.4. The molecule has 0 aliphatic carbocycles. The first-order valence-corrected chi connectivity index (χ1v) is 16.2. The van der Waals surface area contributed by atoms with E-state index in [9.17, 15) is 0 Å². The second-order valence-corrected chi connectivity index (χ2v) is 12.4. The molecule has 5 nitrogen and oxygen atoms in total. The summed E-state index contributed by atoms with van der Waals surface area (Å²) in [5.74, 6) is 0. The van der Waals surface area contributed by atoms with Gasteiger partial charge in [0.25, 0.3) is 0 Å². The number of hydrogen-bond acceptors (Lipinski definition) is 3. The van der Waals surface area contributed by atoms with E-state index >= 15 is 0 Å². The van der Waals surface area contributed by atoms with Crippen molar-refractivity contribution in [2.75, 3.05) is 0 Å². The molecule has 11 rings (SSSR count). The maximum absolute atomic E-state index is 5.06. The van der Waals surface area contributed by atoms with Gasteiger partial charge in [0.15, 0.2) is 0 Å². The van der Waals surface area contributed by atoms with Crippen LogP contribution in [0, 0.1) is 0 Å². The van der Waals surface area contributed by atoms with Crippen LogP contribution >= 0.6 is 0 Å². The topological polar surface area (TPSA) is 48.5 Å². The summed E-state index contributed by atoms with van der Waals surface area (Å²) < 4.78 is 4.89. The molecule has 11 aromatic rings. The Morgan fingerprint density at radius 2 is 1.00 bits per heavy atom. The molecule has 5 heteroatoms. The maximum Gasteiger partial charge on any atom is 0.116 e. The Morgan fingerprint density at radius 3 is 1.81 bits per heavy atom. The van der Waals surface area contributed by atoms with E-state index in [0.29, 0.717) is 0 Å². The molecule has 222 valence electrons. The van der Waals surface area contributed by atoms with E-state index in [4.69, 9.17) is 9.97 Å². The van der Waals surface area contributed by atoms with E-state index in [1.165, 1.54) is 21.5 Å². The first-order valence-electron chi connectivity index (χ1n) is 16.2. The van der Waals surface area contributed by atoms with Gasteiger partial charge in [-0.25, -0.2) is 9.97 Å². The molecule has 0 radical (unpaired) electrons. The highest BCUT2D eigenvalue weighted by molar-refractivity contribution is 6.36. The minimum Gasteiger partial charge on any atom is -0.307 e. The van der Waals surface area contributed by atoms with Crippen LogP contribution in [0.4, 0.5) is 0 Å². The number of nitrogens with zero attached hydrogens (tertiary/aromatic N) is 5. The van der Waals surface area contributed by atoms with E-state index in [0.717, 1.165) is 76.8 Å². The van der Waals surface area contributed by atoms with Crippen molar-refractivity contribution in [2.45, 2.75) is 0 Å². The summed E-state index contributed by atoms with van der Waals surface area (Å²) in [4.78, 5) is 14.6. The Morgan fingerprint density at radius 1 is 0.396 bits per heavy atom. The predicted octanol–water partition coefficient (Wildman–Crippen LogP) is 10.7. The highest BCUT2D eigenvalue weighted by Crippen LogP contribution is 2.47. The Balaban J connectivity index is 1.48. The van der Waals surface area contributed by atoms with E-state index in [2.05, 4.69) is 142 Å². The van der Waals surface area contributed by atoms with Gasteiger partial charge in [-0.3, -0.25) is 4.98 Å². The third kappa shape index (κ3) is 3.22. The Labute approximate surface area is 273 Å². The largest absolute Gasteiger partial charge is 0.307 e. The molecule has 0 atom stereocenters. The fraction of sp³-hybridized carbons (Fsp3) is 0. The number of aromatic nitrogens is 5. The minimum atomic E-state index is 0.951. The van der Waals surface area contributed by atoms with Crippen molar-refractivity contribution < 1.29 is 0 Å². The summed E-state index contributed by atoms with van der Waals surface area (Å²) in [6, 6.07) is 47.7. The molecule has 7 aromatic carbocycles. The third-order valence-corrected chi connectivity index (χ3v) is 10.0. The zero-order chi connectivity index (χ0) is 31.3. The lowest BCUT2D eigenvalue weighted by atomic mass is 9.96. The molecule has 4 aromatic heterocycles. The molecule has 0 spiro atoms. The molecule has 4 heterocycles. The fourth-order valence-corrected chi connectivity index (χ4v) is 8.22. The van der Waals surface area contributed by atoms with Gasteiger partial charge in [0.1, 0.15) is 6.33 Å². The molecule has 0 saturated carbocycles. The number of fused-ring (bicyclic) bond motifs is 16. The van der Waals surface area contributed by atoms with Crippen LogP contribution in [-0.4, -0.2) is 24.1 Å². The highest BCUT2D eigenvalue weighted by Gasteiger charge is 2.26. The predicted molar refractivity (Wildman–Crippen MR) is 199 cm³/mol. The maximum atomic E-state index is 5.06. The lowest BCUT2D eigenvalue weighted by molar-refractivity contribution is 1.16. The molecule has 48 heavy (non-hydrogen) atoms. The standard InChI is InChI=1S/C43H25N5/c1-2-12-26(13-3-1)47-34-20-8-6-16-31(34)37-33-24-44-25-46-41(33)39-32-17-7-9-21-35(32)48(43(39)42(37)47)36-22-10-18-29-27-14-4-5-15-28(27)30-19-11-23-45-40(30)38(29)36/h1-25H. The zero-order valence-corrected chi connectivity index (χ0v) is 25.7. The van der Waals surface area contributed by atoms with Gasteiger partial charge in [0, 0.05) is 55.8 Å². The van der Waals surface area contributed by atoms with Crippen molar-refractivity contribution >= 4 is 87.0 Å². The quantitative estimate of drug-likeness (QED) is 0.183. The lowest BCUT2D eigenvalue weighted by Crippen LogP contribution is -2.00. The van der Waals surface area contributed by atoms with Crippen LogP contribution in [0.3, 0.4) is 0 Å². The van der Waals surface area contributed by atoms with Crippen molar-refractivity contribution in [2.24, 2.45) is 0 Å². The summed E-state index contributed by atoms with van der Waals surface area (Å²) in [7, 11) is 0. The number of rotatable bonds is 2. The van der Waals surface area contributed by atoms with Crippen molar-refractivity contribution in [1.82, 2.24) is 24.1 Å². The van der Waals surface area contributed by atoms with Crippen LogP contribution in [0.1, 0.15) is 0 Å². The van der Waals surface area contributed by atoms with Gasteiger partial charge in [-0.2, -0.15) is 0 Å². The average Bonchev–Trinajstić information content (AvgIpc) is 3.69. The zero-order valence-electron chi connectivity index (χ0n) is 25.7. The first kappa shape index (κ1) is 25.6. The van der Waals surface area contributed by atoms with Crippen molar-refractivity contribution in [1.29, 1.82) is 0 Å². The summed E-state index contributed by atoms with van der Waals surface area (Å²) in [5.41, 5.74) is 8.65. The normalized spacial score (nSPS) is 12.2. The van der Waals surface area contributed by atoms with Gasteiger partial charge in [0.2, 0.25) is 0 Å².